The second-order valence-electron chi connectivity index (χ2n) is 8.61. The maximum atomic E-state index is 5.78. The molecule has 2 N–H and O–H groups in total. The second kappa shape index (κ2) is 10.7. The molecule has 0 aliphatic carbocycles. The number of aryl methyl sites for hydroxylation is 1. The first-order chi connectivity index (χ1) is 15.2. The van der Waals surface area contributed by atoms with Gasteiger partial charge < -0.3 is 19.9 Å². The molecule has 168 valence electrons. The fourth-order valence-electron chi connectivity index (χ4n) is 4.26. The zero-order valence-electron chi connectivity index (χ0n) is 18.8. The highest BCUT2D eigenvalue weighted by Gasteiger charge is 2.22. The van der Waals surface area contributed by atoms with Crippen LogP contribution in [0.5, 0.6) is 0 Å². The smallest absolute Gasteiger partial charge is 0.192 e. The molecule has 2 aromatic rings. The van der Waals surface area contributed by atoms with Crippen LogP contribution in [0.25, 0.3) is 0 Å². The van der Waals surface area contributed by atoms with E-state index in [4.69, 9.17) is 9.73 Å². The average molecular weight is 426 g/mol. The highest BCUT2D eigenvalue weighted by atomic mass is 16.5. The summed E-state index contributed by atoms with van der Waals surface area (Å²) >= 11 is 0. The van der Waals surface area contributed by atoms with Crippen LogP contribution < -0.4 is 10.6 Å². The van der Waals surface area contributed by atoms with E-state index in [1.807, 2.05) is 18.5 Å². The van der Waals surface area contributed by atoms with Crippen LogP contribution in [0, 0.1) is 6.92 Å². The number of guanidine groups is 1. The molecule has 4 rings (SSSR count). The molecule has 8 nitrogen and oxygen atoms in total. The number of likely N-dealkylation sites (tertiary alicyclic amines) is 1. The van der Waals surface area contributed by atoms with Gasteiger partial charge in [-0.15, -0.1) is 10.2 Å². The molecule has 1 aromatic carbocycles. The molecule has 3 heterocycles. The van der Waals surface area contributed by atoms with Crippen molar-refractivity contribution in [2.24, 2.45) is 12.0 Å². The Morgan fingerprint density at radius 3 is 2.81 bits per heavy atom. The summed E-state index contributed by atoms with van der Waals surface area (Å²) in [6.45, 7) is 7.25. The standard InChI is InChI=1S/C23H35N7O/c1-18-27-28-22(29(18)2)15-25-23(24-14-21-11-7-13-31-21)26-20-10-6-12-30(17-20)16-19-8-4-3-5-9-19/h3-5,8-9,20-21H,6-7,10-17H2,1-2H3,(H2,24,25,26). The van der Waals surface area contributed by atoms with Gasteiger partial charge in [0.25, 0.3) is 0 Å². The number of nitrogens with one attached hydrogen (secondary N) is 2. The summed E-state index contributed by atoms with van der Waals surface area (Å²) in [5.41, 5.74) is 1.37. The maximum Gasteiger partial charge on any atom is 0.192 e. The van der Waals surface area contributed by atoms with E-state index in [9.17, 15) is 0 Å². The summed E-state index contributed by atoms with van der Waals surface area (Å²) in [4.78, 5) is 7.36. The third-order valence-electron chi connectivity index (χ3n) is 6.18. The lowest BCUT2D eigenvalue weighted by Crippen LogP contribution is -2.51. The molecule has 0 spiro atoms. The first kappa shape index (κ1) is 21.8. The van der Waals surface area contributed by atoms with Crippen LogP contribution in [0.3, 0.4) is 0 Å². The van der Waals surface area contributed by atoms with Gasteiger partial charge in [-0.2, -0.15) is 0 Å². The summed E-state index contributed by atoms with van der Waals surface area (Å²) in [6, 6.07) is 11.1. The van der Waals surface area contributed by atoms with Gasteiger partial charge in [0.15, 0.2) is 11.8 Å². The van der Waals surface area contributed by atoms with Crippen molar-refractivity contribution < 1.29 is 4.74 Å². The van der Waals surface area contributed by atoms with Crippen LogP contribution in [0.1, 0.15) is 42.9 Å². The number of benzene rings is 1. The molecule has 2 fully saturated rings. The van der Waals surface area contributed by atoms with E-state index >= 15 is 0 Å². The number of rotatable bonds is 7. The Morgan fingerprint density at radius 2 is 2.06 bits per heavy atom. The van der Waals surface area contributed by atoms with E-state index in [1.54, 1.807) is 0 Å². The van der Waals surface area contributed by atoms with Crippen LogP contribution >= 0.6 is 0 Å². The van der Waals surface area contributed by atoms with E-state index in [0.29, 0.717) is 12.6 Å². The molecule has 0 saturated carbocycles. The third-order valence-corrected chi connectivity index (χ3v) is 6.18. The Labute approximate surface area is 185 Å². The van der Waals surface area contributed by atoms with Crippen molar-refractivity contribution in [2.75, 3.05) is 26.2 Å². The average Bonchev–Trinajstić information content (AvgIpc) is 3.42. The summed E-state index contributed by atoms with van der Waals surface area (Å²) in [7, 11) is 1.98. The predicted octanol–water partition coefficient (Wildman–Crippen LogP) is 2.00. The van der Waals surface area contributed by atoms with E-state index in [0.717, 1.165) is 69.7 Å². The van der Waals surface area contributed by atoms with Crippen LogP contribution in [0.15, 0.2) is 35.3 Å². The number of ether oxygens (including phenoxy) is 1. The second-order valence-corrected chi connectivity index (χ2v) is 8.61. The van der Waals surface area contributed by atoms with Crippen LogP contribution in [-0.2, 0) is 24.9 Å². The van der Waals surface area contributed by atoms with Gasteiger partial charge in [0.1, 0.15) is 12.4 Å². The lowest BCUT2D eigenvalue weighted by atomic mass is 10.0. The van der Waals surface area contributed by atoms with Gasteiger partial charge in [0, 0.05) is 39.3 Å². The lowest BCUT2D eigenvalue weighted by Gasteiger charge is -2.34. The van der Waals surface area contributed by atoms with Gasteiger partial charge in [-0.3, -0.25) is 4.90 Å². The number of piperidine rings is 1. The lowest BCUT2D eigenvalue weighted by molar-refractivity contribution is 0.113. The largest absolute Gasteiger partial charge is 0.376 e. The Balaban J connectivity index is 1.37. The van der Waals surface area contributed by atoms with E-state index in [-0.39, 0.29) is 6.10 Å². The van der Waals surface area contributed by atoms with Crippen molar-refractivity contribution in [3.05, 3.63) is 47.5 Å². The van der Waals surface area contributed by atoms with Crippen molar-refractivity contribution in [3.8, 4) is 0 Å². The number of hydrogen-bond donors (Lipinski definition) is 2. The topological polar surface area (TPSA) is 79.6 Å². The highest BCUT2D eigenvalue weighted by molar-refractivity contribution is 5.80. The summed E-state index contributed by atoms with van der Waals surface area (Å²) in [6.07, 6.45) is 4.85. The van der Waals surface area contributed by atoms with E-state index in [1.165, 1.54) is 12.0 Å². The predicted molar refractivity (Wildman–Crippen MR) is 122 cm³/mol. The molecule has 2 atom stereocenters. The Bertz CT molecular complexity index is 845. The molecule has 2 unspecified atom stereocenters. The molecule has 8 heteroatoms. The summed E-state index contributed by atoms with van der Waals surface area (Å²) in [5.74, 6) is 2.60. The zero-order valence-corrected chi connectivity index (χ0v) is 18.8. The monoisotopic (exact) mass is 425 g/mol. The molecule has 2 aliphatic rings. The molecule has 31 heavy (non-hydrogen) atoms. The number of hydrogen-bond acceptors (Lipinski definition) is 5. The van der Waals surface area contributed by atoms with Gasteiger partial charge in [0.05, 0.1) is 6.10 Å². The summed E-state index contributed by atoms with van der Waals surface area (Å²) in [5, 5.41) is 15.6. The molecule has 0 radical (unpaired) electrons. The fourth-order valence-corrected chi connectivity index (χ4v) is 4.26. The molecule has 1 aromatic heterocycles. The molecule has 0 amide bonds. The Hall–Kier alpha value is -2.45. The van der Waals surface area contributed by atoms with Gasteiger partial charge in [-0.1, -0.05) is 30.3 Å². The maximum absolute atomic E-state index is 5.78. The normalized spacial score (nSPS) is 22.6. The number of aromatic nitrogens is 3. The van der Waals surface area contributed by atoms with Crippen LogP contribution in [0.2, 0.25) is 0 Å². The Morgan fingerprint density at radius 1 is 1.19 bits per heavy atom. The minimum Gasteiger partial charge on any atom is -0.376 e. The van der Waals surface area contributed by atoms with Gasteiger partial charge in [-0.25, -0.2) is 4.99 Å². The molecule has 0 bridgehead atoms. The summed E-state index contributed by atoms with van der Waals surface area (Å²) < 4.78 is 7.77. The Kier molecular flexibility index (Phi) is 7.53. The van der Waals surface area contributed by atoms with E-state index < -0.39 is 0 Å². The zero-order chi connectivity index (χ0) is 21.5. The highest BCUT2D eigenvalue weighted by Crippen LogP contribution is 2.14. The van der Waals surface area contributed by atoms with Gasteiger partial charge in [0.2, 0.25) is 0 Å². The van der Waals surface area contributed by atoms with Crippen molar-refractivity contribution in [2.45, 2.75) is 57.8 Å². The van der Waals surface area contributed by atoms with Crippen LogP contribution in [0.4, 0.5) is 0 Å². The first-order valence-electron chi connectivity index (χ1n) is 11.4. The minimum absolute atomic E-state index is 0.269. The quantitative estimate of drug-likeness (QED) is 0.522. The number of aliphatic imine (C=N–C) groups is 1. The van der Waals surface area contributed by atoms with Crippen molar-refractivity contribution >= 4 is 5.96 Å². The minimum atomic E-state index is 0.269. The van der Waals surface area contributed by atoms with Crippen molar-refractivity contribution in [1.29, 1.82) is 0 Å². The van der Waals surface area contributed by atoms with E-state index in [2.05, 4.69) is 56.1 Å². The molecule has 2 saturated heterocycles. The fraction of sp³-hybridized carbons (Fsp3) is 0.609. The molecular weight excluding hydrogens is 390 g/mol. The van der Waals surface area contributed by atoms with Gasteiger partial charge >= 0.3 is 0 Å². The molecular formula is C23H35N7O. The van der Waals surface area contributed by atoms with Crippen LogP contribution in [-0.4, -0.2) is 64.0 Å². The van der Waals surface area contributed by atoms with Gasteiger partial charge in [-0.05, 0) is 44.7 Å². The van der Waals surface area contributed by atoms with Crippen molar-refractivity contribution in [3.63, 3.8) is 0 Å². The molecule has 2 aliphatic heterocycles. The SMILES string of the molecule is Cc1nnc(CN=C(NCC2CCCO2)NC2CCCN(Cc3ccccc3)C2)n1C. The number of nitrogens with zero attached hydrogens (tertiary/aromatic N) is 5. The van der Waals surface area contributed by atoms with Crippen molar-refractivity contribution in [1.82, 2.24) is 30.3 Å². The first-order valence-corrected chi connectivity index (χ1v) is 11.4. The third kappa shape index (κ3) is 6.27.